The Morgan fingerprint density at radius 2 is 1.73 bits per heavy atom. The van der Waals surface area contributed by atoms with Gasteiger partial charge in [-0.05, 0) is 31.0 Å². The Balaban J connectivity index is 0.00000169. The van der Waals surface area contributed by atoms with Crippen LogP contribution in [0.25, 0.3) is 0 Å². The van der Waals surface area contributed by atoms with Crippen molar-refractivity contribution >= 4 is 46.4 Å². The molecule has 0 atom stereocenters. The average molecular weight is 425 g/mol. The molecule has 0 unspecified atom stereocenters. The first-order valence-corrected chi connectivity index (χ1v) is 9.83. The SMILES string of the molecule is Cl.Cl.O=C(CN1CCNCC1)Nc1cccc(S(=O)(=O)N2CCCC2)c1. The first-order valence-electron chi connectivity index (χ1n) is 8.39. The zero-order chi connectivity index (χ0) is 17.0. The average Bonchev–Trinajstić information content (AvgIpc) is 3.11. The third-order valence-electron chi connectivity index (χ3n) is 4.40. The highest BCUT2D eigenvalue weighted by Gasteiger charge is 2.27. The van der Waals surface area contributed by atoms with E-state index < -0.39 is 10.0 Å². The number of anilines is 1. The summed E-state index contributed by atoms with van der Waals surface area (Å²) in [4.78, 5) is 14.5. The second kappa shape index (κ2) is 10.4. The Labute approximate surface area is 167 Å². The van der Waals surface area contributed by atoms with Crippen LogP contribution in [-0.2, 0) is 14.8 Å². The van der Waals surface area contributed by atoms with Crippen LogP contribution in [0.4, 0.5) is 5.69 Å². The standard InChI is InChI=1S/C16H24N4O3S.2ClH/c21-16(13-19-10-6-17-7-11-19)18-14-4-3-5-15(12-14)24(22,23)20-8-1-2-9-20;;/h3-5,12,17H,1-2,6-11,13H2,(H,18,21);2*1H. The molecule has 2 N–H and O–H groups in total. The van der Waals surface area contributed by atoms with Gasteiger partial charge in [0.05, 0.1) is 11.4 Å². The number of halogens is 2. The second-order valence-corrected chi connectivity index (χ2v) is 8.15. The van der Waals surface area contributed by atoms with Gasteiger partial charge < -0.3 is 10.6 Å². The van der Waals surface area contributed by atoms with Crippen molar-refractivity contribution in [2.45, 2.75) is 17.7 Å². The summed E-state index contributed by atoms with van der Waals surface area (Å²) in [5, 5.41) is 6.05. The molecule has 7 nitrogen and oxygen atoms in total. The Hall–Kier alpha value is -0.900. The molecule has 1 aromatic carbocycles. The molecule has 148 valence electrons. The number of hydrogen-bond donors (Lipinski definition) is 2. The van der Waals surface area contributed by atoms with Gasteiger partial charge in [0.25, 0.3) is 0 Å². The molecule has 2 aliphatic heterocycles. The smallest absolute Gasteiger partial charge is 0.243 e. The van der Waals surface area contributed by atoms with Crippen LogP contribution in [0.15, 0.2) is 29.2 Å². The minimum absolute atomic E-state index is 0. The third kappa shape index (κ3) is 5.80. The molecule has 3 rings (SSSR count). The second-order valence-electron chi connectivity index (χ2n) is 6.21. The van der Waals surface area contributed by atoms with Crippen LogP contribution in [0.2, 0.25) is 0 Å². The molecule has 0 radical (unpaired) electrons. The summed E-state index contributed by atoms with van der Waals surface area (Å²) in [6, 6.07) is 6.52. The van der Waals surface area contributed by atoms with E-state index in [-0.39, 0.29) is 35.6 Å². The maximum Gasteiger partial charge on any atom is 0.243 e. The quantitative estimate of drug-likeness (QED) is 0.740. The van der Waals surface area contributed by atoms with Crippen molar-refractivity contribution in [2.75, 3.05) is 51.1 Å². The van der Waals surface area contributed by atoms with Gasteiger partial charge in [0, 0.05) is 45.0 Å². The highest BCUT2D eigenvalue weighted by Crippen LogP contribution is 2.23. The summed E-state index contributed by atoms with van der Waals surface area (Å²) in [6.07, 6.45) is 1.81. The zero-order valence-electron chi connectivity index (χ0n) is 14.5. The summed E-state index contributed by atoms with van der Waals surface area (Å²) in [7, 11) is -3.46. The number of carbonyl (C=O) groups excluding carboxylic acids is 1. The van der Waals surface area contributed by atoms with Crippen LogP contribution in [0.3, 0.4) is 0 Å². The topological polar surface area (TPSA) is 81.8 Å². The maximum atomic E-state index is 12.6. The lowest BCUT2D eigenvalue weighted by Gasteiger charge is -2.26. The number of amides is 1. The van der Waals surface area contributed by atoms with Gasteiger partial charge in [0.15, 0.2) is 0 Å². The van der Waals surface area contributed by atoms with E-state index >= 15 is 0 Å². The van der Waals surface area contributed by atoms with Crippen molar-refractivity contribution in [3.8, 4) is 0 Å². The molecule has 2 fully saturated rings. The molecule has 2 heterocycles. The molecule has 10 heteroatoms. The number of nitrogens with one attached hydrogen (secondary N) is 2. The predicted octanol–water partition coefficient (Wildman–Crippen LogP) is 1.16. The number of piperazine rings is 1. The van der Waals surface area contributed by atoms with Gasteiger partial charge in [-0.3, -0.25) is 9.69 Å². The van der Waals surface area contributed by atoms with Crippen molar-refractivity contribution in [3.05, 3.63) is 24.3 Å². The van der Waals surface area contributed by atoms with Crippen molar-refractivity contribution in [1.29, 1.82) is 0 Å². The normalized spacial score (nSPS) is 18.6. The number of carbonyl (C=O) groups is 1. The lowest BCUT2D eigenvalue weighted by Crippen LogP contribution is -2.46. The number of hydrogen-bond acceptors (Lipinski definition) is 5. The third-order valence-corrected chi connectivity index (χ3v) is 6.29. The van der Waals surface area contributed by atoms with Crippen LogP contribution in [-0.4, -0.2) is 69.3 Å². The Morgan fingerprint density at radius 1 is 1.08 bits per heavy atom. The maximum absolute atomic E-state index is 12.6. The van der Waals surface area contributed by atoms with Crippen LogP contribution >= 0.6 is 24.8 Å². The summed E-state index contributed by atoms with van der Waals surface area (Å²) < 4.78 is 26.7. The molecular weight excluding hydrogens is 399 g/mol. The largest absolute Gasteiger partial charge is 0.325 e. The lowest BCUT2D eigenvalue weighted by molar-refractivity contribution is -0.117. The van der Waals surface area contributed by atoms with E-state index in [4.69, 9.17) is 0 Å². The van der Waals surface area contributed by atoms with Crippen molar-refractivity contribution in [1.82, 2.24) is 14.5 Å². The molecular formula is C16H26Cl2N4O3S. The molecule has 0 aromatic heterocycles. The molecule has 26 heavy (non-hydrogen) atoms. The van der Waals surface area contributed by atoms with Gasteiger partial charge in [0.2, 0.25) is 15.9 Å². The van der Waals surface area contributed by atoms with Crippen LogP contribution < -0.4 is 10.6 Å². The van der Waals surface area contributed by atoms with E-state index in [9.17, 15) is 13.2 Å². The van der Waals surface area contributed by atoms with E-state index in [1.54, 1.807) is 24.3 Å². The van der Waals surface area contributed by atoms with Gasteiger partial charge in [-0.25, -0.2) is 8.42 Å². The first-order chi connectivity index (χ1) is 11.6. The molecule has 0 spiro atoms. The minimum Gasteiger partial charge on any atom is -0.325 e. The zero-order valence-corrected chi connectivity index (χ0v) is 17.0. The lowest BCUT2D eigenvalue weighted by atomic mass is 10.3. The monoisotopic (exact) mass is 424 g/mol. The van der Waals surface area contributed by atoms with E-state index in [0.717, 1.165) is 39.0 Å². The minimum atomic E-state index is -3.46. The van der Waals surface area contributed by atoms with Crippen LogP contribution in [0, 0.1) is 0 Å². The van der Waals surface area contributed by atoms with Gasteiger partial charge >= 0.3 is 0 Å². The molecule has 0 bridgehead atoms. The van der Waals surface area contributed by atoms with E-state index in [2.05, 4.69) is 15.5 Å². The van der Waals surface area contributed by atoms with Crippen molar-refractivity contribution in [2.24, 2.45) is 0 Å². The number of benzene rings is 1. The van der Waals surface area contributed by atoms with Crippen LogP contribution in [0.1, 0.15) is 12.8 Å². The van der Waals surface area contributed by atoms with Crippen molar-refractivity contribution in [3.63, 3.8) is 0 Å². The van der Waals surface area contributed by atoms with Gasteiger partial charge in [0.1, 0.15) is 0 Å². The van der Waals surface area contributed by atoms with E-state index in [1.807, 2.05) is 0 Å². The van der Waals surface area contributed by atoms with E-state index in [0.29, 0.717) is 25.3 Å². The summed E-state index contributed by atoms with van der Waals surface area (Å²) in [6.45, 7) is 4.93. The summed E-state index contributed by atoms with van der Waals surface area (Å²) >= 11 is 0. The Bertz CT molecular complexity index is 690. The fraction of sp³-hybridized carbons (Fsp3) is 0.562. The number of rotatable bonds is 5. The molecule has 1 aromatic rings. The molecule has 1 amide bonds. The van der Waals surface area contributed by atoms with Crippen molar-refractivity contribution < 1.29 is 13.2 Å². The highest BCUT2D eigenvalue weighted by atomic mass is 35.5. The number of sulfonamides is 1. The molecule has 2 saturated heterocycles. The Kier molecular flexibility index (Phi) is 9.29. The molecule has 2 aliphatic rings. The Morgan fingerprint density at radius 3 is 2.38 bits per heavy atom. The summed E-state index contributed by atoms with van der Waals surface area (Å²) in [5.41, 5.74) is 0.524. The first kappa shape index (κ1) is 23.1. The van der Waals surface area contributed by atoms with Crippen LogP contribution in [0.5, 0.6) is 0 Å². The van der Waals surface area contributed by atoms with Gasteiger partial charge in [-0.15, -0.1) is 24.8 Å². The van der Waals surface area contributed by atoms with Gasteiger partial charge in [-0.1, -0.05) is 6.07 Å². The fourth-order valence-corrected chi connectivity index (χ4v) is 4.65. The highest BCUT2D eigenvalue weighted by molar-refractivity contribution is 7.89. The summed E-state index contributed by atoms with van der Waals surface area (Å²) in [5.74, 6) is -0.118. The molecule has 0 aliphatic carbocycles. The van der Waals surface area contributed by atoms with E-state index in [1.165, 1.54) is 4.31 Å². The number of nitrogens with zero attached hydrogens (tertiary/aromatic N) is 2. The predicted molar refractivity (Wildman–Crippen MR) is 107 cm³/mol. The fourth-order valence-electron chi connectivity index (χ4n) is 3.08. The van der Waals surface area contributed by atoms with Gasteiger partial charge in [-0.2, -0.15) is 4.31 Å². The molecule has 0 saturated carbocycles.